The lowest BCUT2D eigenvalue weighted by Crippen LogP contribution is -2.48. The van der Waals surface area contributed by atoms with Gasteiger partial charge in [0.25, 0.3) is 0 Å². The first-order valence-electron chi connectivity index (χ1n) is 7.30. The Hall–Kier alpha value is -1.57. The summed E-state index contributed by atoms with van der Waals surface area (Å²) in [4.78, 5) is 25.8. The van der Waals surface area contributed by atoms with Gasteiger partial charge in [-0.3, -0.25) is 9.59 Å². The summed E-state index contributed by atoms with van der Waals surface area (Å²) in [5.41, 5.74) is -1.74. The summed E-state index contributed by atoms with van der Waals surface area (Å²) in [6.07, 6.45) is -4.81. The Balaban J connectivity index is 1.72. The summed E-state index contributed by atoms with van der Waals surface area (Å²) in [5, 5.41) is 11.0. The van der Waals surface area contributed by atoms with Crippen LogP contribution in [0.2, 0.25) is 0 Å². The monoisotopic (exact) mass is 347 g/mol. The lowest BCUT2D eigenvalue weighted by atomic mass is 9.86. The highest BCUT2D eigenvalue weighted by Gasteiger charge is 2.65. The van der Waals surface area contributed by atoms with Gasteiger partial charge >= 0.3 is 12.1 Å². The predicted molar refractivity (Wildman–Crippen MR) is 77.2 cm³/mol. The smallest absolute Gasteiger partial charge is 0.406 e. The quantitative estimate of drug-likeness (QED) is 0.914. The van der Waals surface area contributed by atoms with Gasteiger partial charge in [-0.15, -0.1) is 11.3 Å². The highest BCUT2D eigenvalue weighted by atomic mass is 32.1. The van der Waals surface area contributed by atoms with Gasteiger partial charge < -0.3 is 10.0 Å². The van der Waals surface area contributed by atoms with Crippen LogP contribution in [-0.4, -0.2) is 41.1 Å². The molecule has 0 aromatic carbocycles. The lowest BCUT2D eigenvalue weighted by Gasteiger charge is -2.27. The van der Waals surface area contributed by atoms with E-state index in [0.29, 0.717) is 6.42 Å². The van der Waals surface area contributed by atoms with Gasteiger partial charge in [-0.25, -0.2) is 0 Å². The van der Waals surface area contributed by atoms with E-state index in [0.717, 1.165) is 15.3 Å². The van der Waals surface area contributed by atoms with Gasteiger partial charge in [-0.05, 0) is 36.8 Å². The minimum Gasteiger partial charge on any atom is -0.481 e. The van der Waals surface area contributed by atoms with Crippen LogP contribution in [0.1, 0.15) is 29.2 Å². The number of carbonyl (C=O) groups is 2. The van der Waals surface area contributed by atoms with Crippen molar-refractivity contribution in [2.45, 2.75) is 31.9 Å². The number of thiophene rings is 1. The van der Waals surface area contributed by atoms with Gasteiger partial charge in [0.2, 0.25) is 5.91 Å². The molecule has 2 aliphatic rings. The second-order valence-electron chi connectivity index (χ2n) is 6.31. The zero-order valence-corrected chi connectivity index (χ0v) is 13.2. The van der Waals surface area contributed by atoms with Crippen molar-refractivity contribution in [1.29, 1.82) is 0 Å². The van der Waals surface area contributed by atoms with Crippen molar-refractivity contribution >= 4 is 23.2 Å². The first-order chi connectivity index (χ1) is 10.7. The molecule has 1 aromatic rings. The molecule has 2 fully saturated rings. The van der Waals surface area contributed by atoms with Gasteiger partial charge in [0.05, 0.1) is 0 Å². The molecule has 23 heavy (non-hydrogen) atoms. The Morgan fingerprint density at radius 3 is 2.61 bits per heavy atom. The second-order valence-corrected chi connectivity index (χ2v) is 7.26. The standard InChI is InChI=1S/C15H16F3NO3S/c1-8-2-5-23-11(8)9-6-10(9)12(20)19-4-3-14(7-19,13(21)22)15(16,17)18/h2,5,9-10H,3-4,6-7H2,1H3,(H,21,22). The Kier molecular flexibility index (Phi) is 3.70. The third kappa shape index (κ3) is 2.52. The molecule has 3 atom stereocenters. The van der Waals surface area contributed by atoms with Crippen molar-refractivity contribution in [2.24, 2.45) is 11.3 Å². The Labute approximate surface area is 134 Å². The van der Waals surface area contributed by atoms with Crippen molar-refractivity contribution < 1.29 is 27.9 Å². The summed E-state index contributed by atoms with van der Waals surface area (Å²) in [7, 11) is 0. The van der Waals surface area contributed by atoms with Crippen LogP contribution in [0.15, 0.2) is 11.4 Å². The molecule has 3 rings (SSSR count). The topological polar surface area (TPSA) is 57.6 Å². The van der Waals surface area contributed by atoms with E-state index >= 15 is 0 Å². The van der Waals surface area contributed by atoms with Gasteiger partial charge in [-0.1, -0.05) is 0 Å². The van der Waals surface area contributed by atoms with Crippen molar-refractivity contribution in [3.63, 3.8) is 0 Å². The highest BCUT2D eigenvalue weighted by molar-refractivity contribution is 7.10. The van der Waals surface area contributed by atoms with E-state index in [4.69, 9.17) is 5.11 Å². The minimum atomic E-state index is -4.86. The fourth-order valence-electron chi connectivity index (χ4n) is 3.28. The molecule has 2 heterocycles. The second kappa shape index (κ2) is 5.22. The summed E-state index contributed by atoms with van der Waals surface area (Å²) in [6, 6.07) is 1.95. The number of carbonyl (C=O) groups excluding carboxylic acids is 1. The van der Waals surface area contributed by atoms with E-state index in [1.165, 1.54) is 0 Å². The third-order valence-corrected chi connectivity index (χ3v) is 6.03. The summed E-state index contributed by atoms with van der Waals surface area (Å²) in [5.74, 6) is -2.50. The third-order valence-electron chi connectivity index (χ3n) is 4.88. The number of alkyl halides is 3. The van der Waals surface area contributed by atoms with Crippen LogP contribution >= 0.6 is 11.3 Å². The number of aliphatic carboxylic acids is 1. The molecule has 1 amide bonds. The van der Waals surface area contributed by atoms with Crippen molar-refractivity contribution in [2.75, 3.05) is 13.1 Å². The zero-order chi connectivity index (χ0) is 17.0. The molecule has 1 saturated heterocycles. The molecule has 0 spiro atoms. The normalized spacial score (nSPS) is 30.5. The maximum absolute atomic E-state index is 13.2. The van der Waals surface area contributed by atoms with E-state index in [1.54, 1.807) is 11.3 Å². The number of carboxylic acid groups (broad SMARTS) is 1. The van der Waals surface area contributed by atoms with Crippen LogP contribution in [-0.2, 0) is 9.59 Å². The van der Waals surface area contributed by atoms with Crippen molar-refractivity contribution in [3.8, 4) is 0 Å². The molecule has 1 aliphatic heterocycles. The number of nitrogens with zero attached hydrogens (tertiary/aromatic N) is 1. The molecule has 1 aromatic heterocycles. The van der Waals surface area contributed by atoms with Crippen LogP contribution in [0.4, 0.5) is 13.2 Å². The molecular weight excluding hydrogens is 331 g/mol. The van der Waals surface area contributed by atoms with E-state index in [2.05, 4.69) is 0 Å². The van der Waals surface area contributed by atoms with Crippen molar-refractivity contribution in [3.05, 3.63) is 21.9 Å². The largest absolute Gasteiger partial charge is 0.481 e. The molecule has 1 saturated carbocycles. The van der Waals surface area contributed by atoms with Crippen LogP contribution in [0.3, 0.4) is 0 Å². The molecule has 0 bridgehead atoms. The highest BCUT2D eigenvalue weighted by Crippen LogP contribution is 2.53. The number of aryl methyl sites for hydroxylation is 1. The zero-order valence-electron chi connectivity index (χ0n) is 12.4. The Morgan fingerprint density at radius 2 is 2.13 bits per heavy atom. The molecular formula is C15H16F3NO3S. The van der Waals surface area contributed by atoms with Gasteiger partial charge in [-0.2, -0.15) is 13.2 Å². The van der Waals surface area contributed by atoms with Crippen molar-refractivity contribution in [1.82, 2.24) is 4.90 Å². The number of hydrogen-bond donors (Lipinski definition) is 1. The number of hydrogen-bond acceptors (Lipinski definition) is 3. The number of carboxylic acids is 1. The molecule has 0 radical (unpaired) electrons. The Bertz CT molecular complexity index is 657. The number of amides is 1. The summed E-state index contributed by atoms with van der Waals surface area (Å²) in [6.45, 7) is 1.01. The molecule has 3 unspecified atom stereocenters. The molecule has 1 N–H and O–H groups in total. The first kappa shape index (κ1) is 16.3. The number of halogens is 3. The van der Waals surface area contributed by atoms with Crippen LogP contribution in [0, 0.1) is 18.3 Å². The van der Waals surface area contributed by atoms with E-state index < -0.39 is 30.5 Å². The molecule has 126 valence electrons. The lowest BCUT2D eigenvalue weighted by molar-refractivity contribution is -0.227. The maximum atomic E-state index is 13.2. The number of rotatable bonds is 3. The summed E-state index contributed by atoms with van der Waals surface area (Å²) >= 11 is 1.55. The van der Waals surface area contributed by atoms with Crippen LogP contribution < -0.4 is 0 Å². The summed E-state index contributed by atoms with van der Waals surface area (Å²) < 4.78 is 39.5. The van der Waals surface area contributed by atoms with Gasteiger partial charge in [0.1, 0.15) is 0 Å². The Morgan fingerprint density at radius 1 is 1.43 bits per heavy atom. The SMILES string of the molecule is Cc1ccsc1C1CC1C(=O)N1CCC(C(=O)O)(C(F)(F)F)C1. The fourth-order valence-corrected chi connectivity index (χ4v) is 4.39. The molecule has 1 aliphatic carbocycles. The maximum Gasteiger partial charge on any atom is 0.406 e. The minimum absolute atomic E-state index is 0.0632. The van der Waals surface area contributed by atoms with E-state index in [9.17, 15) is 22.8 Å². The molecule has 4 nitrogen and oxygen atoms in total. The fraction of sp³-hybridized carbons (Fsp3) is 0.600. The average molecular weight is 347 g/mol. The van der Waals surface area contributed by atoms with E-state index in [-0.39, 0.29) is 24.3 Å². The van der Waals surface area contributed by atoms with E-state index in [1.807, 2.05) is 18.4 Å². The van der Waals surface area contributed by atoms with Gasteiger partial charge in [0.15, 0.2) is 5.41 Å². The average Bonchev–Trinajstić information content (AvgIpc) is 2.90. The van der Waals surface area contributed by atoms with Gasteiger partial charge in [0, 0.05) is 29.8 Å². The van der Waals surface area contributed by atoms with Crippen LogP contribution in [0.25, 0.3) is 0 Å². The number of likely N-dealkylation sites (tertiary alicyclic amines) is 1. The van der Waals surface area contributed by atoms with Crippen LogP contribution in [0.5, 0.6) is 0 Å². The predicted octanol–water partition coefficient (Wildman–Crippen LogP) is 3.03. The molecule has 8 heteroatoms. The first-order valence-corrected chi connectivity index (χ1v) is 8.18.